The van der Waals surface area contributed by atoms with Crippen LogP contribution < -0.4 is 11.1 Å². The molecule has 1 fully saturated rings. The minimum absolute atomic E-state index is 0.236. The van der Waals surface area contributed by atoms with Gasteiger partial charge in [-0.3, -0.25) is 0 Å². The number of likely N-dealkylation sites (N-methyl/N-ethyl adjacent to an activating group) is 1. The van der Waals surface area contributed by atoms with Crippen molar-refractivity contribution in [3.05, 3.63) is 23.8 Å². The molecule has 3 N–H and O–H groups in total. The highest BCUT2D eigenvalue weighted by Gasteiger charge is 2.35. The fourth-order valence-corrected chi connectivity index (χ4v) is 2.87. The minimum Gasteiger partial charge on any atom is -0.397 e. The molecule has 2 rings (SSSR count). The standard InChI is InChI=1S/C15H22N4/c1-19(2)15(7-3-4-8-15)11-18-14-6-5-12(10-16)9-13(14)17/h5-6,9,18H,3-4,7-8,11,17H2,1-2H3. The second-order valence-electron chi connectivity index (χ2n) is 5.59. The van der Waals surface area contributed by atoms with Crippen molar-refractivity contribution in [2.45, 2.75) is 31.2 Å². The quantitative estimate of drug-likeness (QED) is 0.814. The van der Waals surface area contributed by atoms with E-state index >= 15 is 0 Å². The highest BCUT2D eigenvalue weighted by Crippen LogP contribution is 2.34. The zero-order chi connectivity index (χ0) is 13.9. The zero-order valence-electron chi connectivity index (χ0n) is 11.7. The van der Waals surface area contributed by atoms with Crippen molar-refractivity contribution in [3.8, 4) is 6.07 Å². The third-order valence-corrected chi connectivity index (χ3v) is 4.27. The summed E-state index contributed by atoms with van der Waals surface area (Å²) < 4.78 is 0. The topological polar surface area (TPSA) is 65.1 Å². The first kappa shape index (κ1) is 13.7. The van der Waals surface area contributed by atoms with Gasteiger partial charge in [0.15, 0.2) is 0 Å². The number of nitrogens with one attached hydrogen (secondary N) is 1. The summed E-state index contributed by atoms with van der Waals surface area (Å²) in [6.07, 6.45) is 5.04. The summed E-state index contributed by atoms with van der Waals surface area (Å²) in [6, 6.07) is 7.52. The molecule has 0 spiro atoms. The van der Waals surface area contributed by atoms with E-state index < -0.39 is 0 Å². The van der Waals surface area contributed by atoms with Crippen LogP contribution in [0.4, 0.5) is 11.4 Å². The lowest BCUT2D eigenvalue weighted by atomic mass is 9.96. The van der Waals surface area contributed by atoms with Gasteiger partial charge in [0, 0.05) is 12.1 Å². The predicted molar refractivity (Wildman–Crippen MR) is 78.9 cm³/mol. The summed E-state index contributed by atoms with van der Waals surface area (Å²) in [7, 11) is 4.30. The van der Waals surface area contributed by atoms with E-state index in [0.717, 1.165) is 12.2 Å². The molecule has 102 valence electrons. The second kappa shape index (κ2) is 5.50. The molecule has 1 aliphatic rings. The number of rotatable bonds is 4. The summed E-state index contributed by atoms with van der Waals surface area (Å²) in [5, 5.41) is 12.3. The molecule has 0 unspecified atom stereocenters. The van der Waals surface area contributed by atoms with Crippen LogP contribution in [0, 0.1) is 11.3 Å². The molecule has 19 heavy (non-hydrogen) atoms. The Labute approximate surface area is 115 Å². The molecule has 0 amide bonds. The number of anilines is 2. The molecule has 0 atom stereocenters. The smallest absolute Gasteiger partial charge is 0.0992 e. The number of hydrogen-bond acceptors (Lipinski definition) is 4. The van der Waals surface area contributed by atoms with Crippen molar-refractivity contribution in [1.82, 2.24) is 4.90 Å². The maximum atomic E-state index is 8.84. The average molecular weight is 258 g/mol. The van der Waals surface area contributed by atoms with E-state index in [-0.39, 0.29) is 5.54 Å². The molecule has 4 heteroatoms. The number of nitrogen functional groups attached to an aromatic ring is 1. The Morgan fingerprint density at radius 3 is 2.58 bits per heavy atom. The van der Waals surface area contributed by atoms with Gasteiger partial charge in [0.05, 0.1) is 23.0 Å². The van der Waals surface area contributed by atoms with Crippen molar-refractivity contribution in [2.75, 3.05) is 31.7 Å². The highest BCUT2D eigenvalue weighted by molar-refractivity contribution is 5.68. The first-order chi connectivity index (χ1) is 9.07. The molecule has 0 heterocycles. The van der Waals surface area contributed by atoms with E-state index in [9.17, 15) is 0 Å². The third kappa shape index (κ3) is 2.82. The van der Waals surface area contributed by atoms with E-state index in [2.05, 4.69) is 30.4 Å². The zero-order valence-corrected chi connectivity index (χ0v) is 11.7. The van der Waals surface area contributed by atoms with E-state index in [1.54, 1.807) is 12.1 Å². The lowest BCUT2D eigenvalue weighted by molar-refractivity contribution is 0.172. The lowest BCUT2D eigenvalue weighted by Gasteiger charge is -2.37. The van der Waals surface area contributed by atoms with Crippen LogP contribution in [0.5, 0.6) is 0 Å². The van der Waals surface area contributed by atoms with Crippen LogP contribution in [-0.2, 0) is 0 Å². The third-order valence-electron chi connectivity index (χ3n) is 4.27. The maximum Gasteiger partial charge on any atom is 0.0992 e. The van der Waals surface area contributed by atoms with Crippen molar-refractivity contribution in [2.24, 2.45) is 0 Å². The molecule has 1 saturated carbocycles. The molecule has 0 radical (unpaired) electrons. The van der Waals surface area contributed by atoms with Crippen LogP contribution in [0.3, 0.4) is 0 Å². The SMILES string of the molecule is CN(C)C1(CNc2ccc(C#N)cc2N)CCCC1. The highest BCUT2D eigenvalue weighted by atomic mass is 15.2. The fraction of sp³-hybridized carbons (Fsp3) is 0.533. The van der Waals surface area contributed by atoms with Gasteiger partial charge in [0.25, 0.3) is 0 Å². The second-order valence-corrected chi connectivity index (χ2v) is 5.59. The average Bonchev–Trinajstić information content (AvgIpc) is 2.87. The van der Waals surface area contributed by atoms with Gasteiger partial charge in [-0.05, 0) is 45.1 Å². The van der Waals surface area contributed by atoms with Gasteiger partial charge < -0.3 is 16.0 Å². The van der Waals surface area contributed by atoms with Crippen LogP contribution in [0.25, 0.3) is 0 Å². The van der Waals surface area contributed by atoms with Crippen LogP contribution in [0.15, 0.2) is 18.2 Å². The molecule has 0 aliphatic heterocycles. The van der Waals surface area contributed by atoms with E-state index in [1.807, 2.05) is 6.07 Å². The van der Waals surface area contributed by atoms with Gasteiger partial charge in [-0.1, -0.05) is 12.8 Å². The normalized spacial score (nSPS) is 17.4. The summed E-state index contributed by atoms with van der Waals surface area (Å²) >= 11 is 0. The van der Waals surface area contributed by atoms with Crippen LogP contribution in [0.1, 0.15) is 31.2 Å². The first-order valence-corrected chi connectivity index (χ1v) is 6.78. The van der Waals surface area contributed by atoms with E-state index in [4.69, 9.17) is 11.0 Å². The Morgan fingerprint density at radius 1 is 1.37 bits per heavy atom. The Balaban J connectivity index is 2.08. The van der Waals surface area contributed by atoms with Crippen molar-refractivity contribution >= 4 is 11.4 Å². The molecular formula is C15H22N4. The number of nitrogens with two attached hydrogens (primary N) is 1. The summed E-state index contributed by atoms with van der Waals surface area (Å²) in [5.41, 5.74) is 8.38. The summed E-state index contributed by atoms with van der Waals surface area (Å²) in [6.45, 7) is 0.899. The fourth-order valence-electron chi connectivity index (χ4n) is 2.87. The van der Waals surface area contributed by atoms with Crippen LogP contribution in [0.2, 0.25) is 0 Å². The number of hydrogen-bond donors (Lipinski definition) is 2. The minimum atomic E-state index is 0.236. The molecular weight excluding hydrogens is 236 g/mol. The molecule has 0 saturated heterocycles. The van der Waals surface area contributed by atoms with E-state index in [0.29, 0.717) is 11.3 Å². The number of nitrogens with zero attached hydrogens (tertiary/aromatic N) is 2. The molecule has 1 aliphatic carbocycles. The van der Waals surface area contributed by atoms with Crippen molar-refractivity contribution < 1.29 is 0 Å². The Bertz CT molecular complexity index is 481. The number of nitriles is 1. The monoisotopic (exact) mass is 258 g/mol. The summed E-state index contributed by atoms with van der Waals surface area (Å²) in [4.78, 5) is 2.33. The molecule has 0 aromatic heterocycles. The first-order valence-electron chi connectivity index (χ1n) is 6.78. The van der Waals surface area contributed by atoms with Crippen molar-refractivity contribution in [3.63, 3.8) is 0 Å². The van der Waals surface area contributed by atoms with Gasteiger partial charge in [-0.15, -0.1) is 0 Å². The van der Waals surface area contributed by atoms with E-state index in [1.165, 1.54) is 25.7 Å². The Kier molecular flexibility index (Phi) is 3.96. The van der Waals surface area contributed by atoms with Crippen LogP contribution >= 0.6 is 0 Å². The van der Waals surface area contributed by atoms with Gasteiger partial charge >= 0.3 is 0 Å². The van der Waals surface area contributed by atoms with Gasteiger partial charge in [0.2, 0.25) is 0 Å². The maximum absolute atomic E-state index is 8.84. The molecule has 1 aromatic rings. The molecule has 4 nitrogen and oxygen atoms in total. The van der Waals surface area contributed by atoms with Crippen LogP contribution in [-0.4, -0.2) is 31.1 Å². The van der Waals surface area contributed by atoms with Gasteiger partial charge in [-0.2, -0.15) is 5.26 Å². The van der Waals surface area contributed by atoms with Gasteiger partial charge in [0.1, 0.15) is 0 Å². The summed E-state index contributed by atoms with van der Waals surface area (Å²) in [5.74, 6) is 0. The Morgan fingerprint density at radius 2 is 2.05 bits per heavy atom. The lowest BCUT2D eigenvalue weighted by Crippen LogP contribution is -2.47. The van der Waals surface area contributed by atoms with Gasteiger partial charge in [-0.25, -0.2) is 0 Å². The number of benzene rings is 1. The molecule has 1 aromatic carbocycles. The Hall–Kier alpha value is -1.73. The largest absolute Gasteiger partial charge is 0.397 e. The predicted octanol–water partition coefficient (Wildman–Crippen LogP) is 2.43. The molecule has 0 bridgehead atoms. The van der Waals surface area contributed by atoms with Crippen molar-refractivity contribution in [1.29, 1.82) is 5.26 Å².